The van der Waals surface area contributed by atoms with Gasteiger partial charge in [-0.15, -0.1) is 0 Å². The quantitative estimate of drug-likeness (QED) is 0.266. The van der Waals surface area contributed by atoms with E-state index in [2.05, 4.69) is 15.3 Å². The minimum Gasteiger partial charge on any atom is -0.497 e. The van der Waals surface area contributed by atoms with Crippen LogP contribution in [0.1, 0.15) is 43.2 Å². The van der Waals surface area contributed by atoms with Crippen LogP contribution >= 0.6 is 0 Å². The Bertz CT molecular complexity index is 1350. The third-order valence-corrected chi connectivity index (χ3v) is 7.93. The number of urea groups is 1. The van der Waals surface area contributed by atoms with Gasteiger partial charge < -0.3 is 15.2 Å². The van der Waals surface area contributed by atoms with Gasteiger partial charge >= 0.3 is 18.3 Å². The van der Waals surface area contributed by atoms with Gasteiger partial charge in [-0.1, -0.05) is 31.4 Å². The third kappa shape index (κ3) is 7.38. The van der Waals surface area contributed by atoms with Gasteiger partial charge in [-0.2, -0.15) is 13.2 Å². The fraction of sp³-hybridized carbons (Fsp3) is 0.483. The number of carboxylic acid groups (broad SMARTS) is 1. The first kappa shape index (κ1) is 32.5. The first-order valence-corrected chi connectivity index (χ1v) is 14.1. The molecule has 3 atom stereocenters. The van der Waals surface area contributed by atoms with E-state index in [1.807, 2.05) is 5.32 Å². The summed E-state index contributed by atoms with van der Waals surface area (Å²) < 4.78 is 47.0. The van der Waals surface area contributed by atoms with E-state index in [1.165, 1.54) is 25.4 Å². The molecular weight excluding hydrogens is 587 g/mol. The molecule has 0 unspecified atom stereocenters. The molecule has 4 rings (SSSR count). The zero-order valence-corrected chi connectivity index (χ0v) is 24.2. The van der Waals surface area contributed by atoms with Crippen molar-refractivity contribution in [3.05, 3.63) is 53.7 Å². The van der Waals surface area contributed by atoms with Crippen LogP contribution in [0.5, 0.6) is 5.75 Å². The number of methoxy groups -OCH3 is 1. The van der Waals surface area contributed by atoms with Crippen molar-refractivity contribution in [1.29, 1.82) is 0 Å². The summed E-state index contributed by atoms with van der Waals surface area (Å²) in [6.45, 7) is -0.0493. The third-order valence-electron chi connectivity index (χ3n) is 7.93. The lowest BCUT2D eigenvalue weighted by atomic mass is 9.81. The van der Waals surface area contributed by atoms with Crippen LogP contribution in [0.2, 0.25) is 0 Å². The molecule has 5 amide bonds. The molecule has 1 aliphatic heterocycles. The number of carbonyl (C=O) groups excluding carboxylic acids is 3. The maximum absolute atomic E-state index is 13.9. The van der Waals surface area contributed by atoms with E-state index in [0.717, 1.165) is 18.4 Å². The highest BCUT2D eigenvalue weighted by Crippen LogP contribution is 2.36. The molecule has 0 radical (unpaired) electrons. The number of likely N-dealkylation sites (tertiary alicyclic amines) is 1. The van der Waals surface area contributed by atoms with E-state index in [-0.39, 0.29) is 31.6 Å². The lowest BCUT2D eigenvalue weighted by molar-refractivity contribution is -0.171. The van der Waals surface area contributed by atoms with Crippen molar-refractivity contribution in [2.24, 2.45) is 11.8 Å². The summed E-state index contributed by atoms with van der Waals surface area (Å²) in [5.74, 6) is -3.07. The van der Waals surface area contributed by atoms with Gasteiger partial charge in [0.2, 0.25) is 5.91 Å². The first-order chi connectivity index (χ1) is 20.9. The number of β-lactam (4-membered cyclic amide) rings is 1. The number of alkyl halides is 3. The predicted molar refractivity (Wildman–Crippen MR) is 149 cm³/mol. The van der Waals surface area contributed by atoms with Crippen LogP contribution in [0.15, 0.2) is 42.6 Å². The van der Waals surface area contributed by atoms with Crippen molar-refractivity contribution < 1.29 is 47.0 Å². The summed E-state index contributed by atoms with van der Waals surface area (Å²) in [4.78, 5) is 61.5. The van der Waals surface area contributed by atoms with E-state index in [4.69, 9.17) is 4.74 Å². The van der Waals surface area contributed by atoms with Crippen molar-refractivity contribution in [3.8, 4) is 5.75 Å². The van der Waals surface area contributed by atoms with Gasteiger partial charge in [0.1, 0.15) is 23.7 Å². The predicted octanol–water partition coefficient (Wildman–Crippen LogP) is 4.04. The maximum atomic E-state index is 13.9. The molecule has 238 valence electrons. The average molecular weight is 622 g/mol. The van der Waals surface area contributed by atoms with Gasteiger partial charge in [-0.25, -0.2) is 20.1 Å². The maximum Gasteiger partial charge on any atom is 0.413 e. The van der Waals surface area contributed by atoms with Gasteiger partial charge in [0.25, 0.3) is 5.91 Å². The summed E-state index contributed by atoms with van der Waals surface area (Å²) >= 11 is 0. The number of carbonyl (C=O) groups is 4. The molecule has 1 aromatic heterocycles. The Hall–Kier alpha value is -4.40. The Balaban J connectivity index is 1.52. The van der Waals surface area contributed by atoms with Gasteiger partial charge in [-0.05, 0) is 60.6 Å². The number of amides is 5. The highest BCUT2D eigenvalue weighted by Gasteiger charge is 2.56. The Kier molecular flexibility index (Phi) is 10.3. The van der Waals surface area contributed by atoms with E-state index in [0.29, 0.717) is 34.6 Å². The lowest BCUT2D eigenvalue weighted by Crippen LogP contribution is -2.71. The standard InChI is InChI=1S/C29H34F3N5O7/c1-43-20-10-8-17(9-11-20)16-36(28(41)42)22-15-18(12-13-33-22)14-21-23(25(38)35-44-2)37(26(21)39)27(40)34-24(29(30,31)32)19-6-4-3-5-7-19/h8-13,15,19,21,23-24H,3-7,14,16H2,1-2H3,(H,34,40)(H,35,38)(H,41,42)/t21-,23+,24+/m1/s1. The molecule has 1 aromatic carbocycles. The van der Waals surface area contributed by atoms with Crippen LogP contribution in [-0.2, 0) is 27.4 Å². The minimum absolute atomic E-state index is 0.0468. The summed E-state index contributed by atoms with van der Waals surface area (Å²) in [7, 11) is 2.64. The average Bonchev–Trinajstić information content (AvgIpc) is 3.00. The Morgan fingerprint density at radius 1 is 1.09 bits per heavy atom. The zero-order valence-electron chi connectivity index (χ0n) is 24.2. The molecule has 2 aliphatic rings. The van der Waals surface area contributed by atoms with Crippen molar-refractivity contribution >= 4 is 29.8 Å². The van der Waals surface area contributed by atoms with Gasteiger partial charge in [0.05, 0.1) is 26.7 Å². The molecule has 15 heteroatoms. The number of anilines is 1. The monoisotopic (exact) mass is 621 g/mol. The van der Waals surface area contributed by atoms with Gasteiger partial charge in [0.15, 0.2) is 0 Å². The molecular formula is C29H34F3N5O7. The van der Waals surface area contributed by atoms with Crippen LogP contribution in [0, 0.1) is 11.8 Å². The van der Waals surface area contributed by atoms with Gasteiger partial charge in [0, 0.05) is 6.20 Å². The number of aromatic nitrogens is 1. The van der Waals surface area contributed by atoms with E-state index in [9.17, 15) is 37.5 Å². The number of imide groups is 1. The highest BCUT2D eigenvalue weighted by atomic mass is 19.4. The SMILES string of the molecule is CONC(=O)[C@@H]1[C@@H](Cc2ccnc(N(Cc3ccc(OC)cc3)C(=O)O)c2)C(=O)N1C(=O)N[C@@H](C1CCCCC1)C(F)(F)F. The smallest absolute Gasteiger partial charge is 0.413 e. The number of halogens is 3. The fourth-order valence-electron chi connectivity index (χ4n) is 5.72. The Labute approximate surface area is 251 Å². The number of ether oxygens (including phenoxy) is 1. The van der Waals surface area contributed by atoms with Crippen LogP contribution in [-0.4, -0.2) is 71.4 Å². The summed E-state index contributed by atoms with van der Waals surface area (Å²) in [5, 5.41) is 11.8. The van der Waals surface area contributed by atoms with Crippen molar-refractivity contribution in [2.75, 3.05) is 19.1 Å². The first-order valence-electron chi connectivity index (χ1n) is 14.1. The van der Waals surface area contributed by atoms with Crippen molar-refractivity contribution in [3.63, 3.8) is 0 Å². The molecule has 3 N–H and O–H groups in total. The molecule has 0 bridgehead atoms. The molecule has 12 nitrogen and oxygen atoms in total. The lowest BCUT2D eigenvalue weighted by Gasteiger charge is -2.45. The molecule has 44 heavy (non-hydrogen) atoms. The molecule has 1 saturated carbocycles. The molecule has 2 fully saturated rings. The number of hydrogen-bond acceptors (Lipinski definition) is 7. The molecule has 1 aliphatic carbocycles. The van der Waals surface area contributed by atoms with Crippen LogP contribution < -0.4 is 20.4 Å². The van der Waals surface area contributed by atoms with Crippen LogP contribution in [0.4, 0.5) is 28.6 Å². The number of nitrogens with one attached hydrogen (secondary N) is 2. The summed E-state index contributed by atoms with van der Waals surface area (Å²) in [6.07, 6.45) is -2.24. The number of rotatable bonds is 10. The number of nitrogens with zero attached hydrogens (tertiary/aromatic N) is 3. The number of benzene rings is 1. The zero-order chi connectivity index (χ0) is 32.0. The normalized spacial score (nSPS) is 19.5. The second kappa shape index (κ2) is 13.9. The van der Waals surface area contributed by atoms with Crippen molar-refractivity contribution in [2.45, 2.75) is 63.3 Å². The second-order valence-corrected chi connectivity index (χ2v) is 10.7. The molecule has 0 spiro atoms. The molecule has 1 saturated heterocycles. The number of hydroxylamine groups is 1. The highest BCUT2D eigenvalue weighted by molar-refractivity contribution is 6.09. The molecule has 2 aromatic rings. The Morgan fingerprint density at radius 3 is 2.36 bits per heavy atom. The summed E-state index contributed by atoms with van der Waals surface area (Å²) in [5.41, 5.74) is 3.12. The number of hydrogen-bond donors (Lipinski definition) is 3. The van der Waals surface area contributed by atoms with Crippen LogP contribution in [0.3, 0.4) is 0 Å². The van der Waals surface area contributed by atoms with Gasteiger partial charge in [-0.3, -0.25) is 24.2 Å². The van der Waals surface area contributed by atoms with E-state index >= 15 is 0 Å². The van der Waals surface area contributed by atoms with Crippen molar-refractivity contribution in [1.82, 2.24) is 20.7 Å². The van der Waals surface area contributed by atoms with E-state index in [1.54, 1.807) is 24.3 Å². The molecule has 2 heterocycles. The fourth-order valence-corrected chi connectivity index (χ4v) is 5.72. The number of pyridine rings is 1. The minimum atomic E-state index is -4.75. The summed E-state index contributed by atoms with van der Waals surface area (Å²) in [6, 6.07) is 4.76. The topological polar surface area (TPSA) is 150 Å². The van der Waals surface area contributed by atoms with Crippen LogP contribution in [0.25, 0.3) is 0 Å². The largest absolute Gasteiger partial charge is 0.497 e. The second-order valence-electron chi connectivity index (χ2n) is 10.7. The Morgan fingerprint density at radius 2 is 1.77 bits per heavy atom. The van der Waals surface area contributed by atoms with E-state index < -0.39 is 54.0 Å².